The first-order valence-corrected chi connectivity index (χ1v) is 6.65. The Balaban J connectivity index is 2.45. The molecule has 106 valence electrons. The Hall–Kier alpha value is -2.10. The minimum atomic E-state index is -0.210. The summed E-state index contributed by atoms with van der Waals surface area (Å²) >= 11 is 0. The van der Waals surface area contributed by atoms with Crippen LogP contribution in [0.25, 0.3) is 11.1 Å². The molecule has 1 heterocycles. The van der Waals surface area contributed by atoms with Crippen molar-refractivity contribution in [3.8, 4) is 16.9 Å². The van der Waals surface area contributed by atoms with E-state index in [2.05, 4.69) is 9.97 Å². The lowest BCUT2D eigenvalue weighted by molar-refractivity contribution is 0.131. The Morgan fingerprint density at radius 3 is 2.35 bits per heavy atom. The van der Waals surface area contributed by atoms with Crippen molar-refractivity contribution < 1.29 is 4.74 Å². The van der Waals surface area contributed by atoms with Gasteiger partial charge in [0.05, 0.1) is 5.69 Å². The maximum absolute atomic E-state index is 5.98. The van der Waals surface area contributed by atoms with Crippen LogP contribution < -0.4 is 10.5 Å². The Labute approximate surface area is 120 Å². The summed E-state index contributed by atoms with van der Waals surface area (Å²) < 4.78 is 5.87. The number of hydrogen-bond acceptors (Lipinski definition) is 4. The van der Waals surface area contributed by atoms with Gasteiger partial charge in [0.2, 0.25) is 0 Å². The predicted octanol–water partition coefficient (Wildman–Crippen LogP) is 3.52. The van der Waals surface area contributed by atoms with Crippen molar-refractivity contribution in [1.29, 1.82) is 0 Å². The normalized spacial score (nSPS) is 11.4. The number of aryl methyl sites for hydroxylation is 2. The van der Waals surface area contributed by atoms with Gasteiger partial charge in [-0.3, -0.25) is 0 Å². The smallest absolute Gasteiger partial charge is 0.134 e. The van der Waals surface area contributed by atoms with Crippen LogP contribution in [0, 0.1) is 13.8 Å². The Morgan fingerprint density at radius 1 is 1.10 bits per heavy atom. The molecule has 0 spiro atoms. The molecular formula is C16H21N3O. The number of nitrogens with zero attached hydrogens (tertiary/aromatic N) is 2. The fourth-order valence-corrected chi connectivity index (χ4v) is 2.16. The van der Waals surface area contributed by atoms with Gasteiger partial charge in [0.1, 0.15) is 23.5 Å². The van der Waals surface area contributed by atoms with Crippen molar-refractivity contribution in [2.24, 2.45) is 0 Å². The lowest BCUT2D eigenvalue weighted by Gasteiger charge is -2.22. The number of nitrogens with two attached hydrogens (primary N) is 1. The van der Waals surface area contributed by atoms with Gasteiger partial charge in [-0.25, -0.2) is 9.97 Å². The number of hydrogen-bond donors (Lipinski definition) is 1. The summed E-state index contributed by atoms with van der Waals surface area (Å²) in [7, 11) is 0. The van der Waals surface area contributed by atoms with Crippen molar-refractivity contribution in [2.75, 3.05) is 5.73 Å². The average Bonchev–Trinajstić information content (AvgIpc) is 2.29. The molecule has 0 saturated heterocycles. The molecule has 2 rings (SSSR count). The van der Waals surface area contributed by atoms with Gasteiger partial charge in [-0.2, -0.15) is 0 Å². The third-order valence-electron chi connectivity index (χ3n) is 2.96. The lowest BCUT2D eigenvalue weighted by Crippen LogP contribution is -2.22. The highest BCUT2D eigenvalue weighted by molar-refractivity contribution is 5.78. The standard InChI is InChI=1S/C16H21N3O/c1-10-8-12(20-16(3,4)5)6-7-13(10)14-11(2)18-9-19-15(14)17/h6-9H,1-5H3,(H2,17,18,19). The van der Waals surface area contributed by atoms with Gasteiger partial charge in [-0.05, 0) is 57.9 Å². The number of nitrogen functional groups attached to an aromatic ring is 1. The summed E-state index contributed by atoms with van der Waals surface area (Å²) in [5, 5.41) is 0. The van der Waals surface area contributed by atoms with Gasteiger partial charge >= 0.3 is 0 Å². The van der Waals surface area contributed by atoms with E-state index in [-0.39, 0.29) is 5.60 Å². The molecule has 0 saturated carbocycles. The van der Waals surface area contributed by atoms with Crippen molar-refractivity contribution in [3.63, 3.8) is 0 Å². The number of ether oxygens (including phenoxy) is 1. The fraction of sp³-hybridized carbons (Fsp3) is 0.375. The summed E-state index contributed by atoms with van der Waals surface area (Å²) in [6.07, 6.45) is 1.49. The largest absolute Gasteiger partial charge is 0.488 e. The molecule has 0 atom stereocenters. The van der Waals surface area contributed by atoms with E-state index < -0.39 is 0 Å². The molecule has 0 aliphatic rings. The first-order chi connectivity index (χ1) is 9.28. The second-order valence-corrected chi connectivity index (χ2v) is 5.91. The minimum absolute atomic E-state index is 0.210. The predicted molar refractivity (Wildman–Crippen MR) is 81.7 cm³/mol. The van der Waals surface area contributed by atoms with Crippen molar-refractivity contribution in [2.45, 2.75) is 40.2 Å². The van der Waals surface area contributed by atoms with Crippen LogP contribution in [0.5, 0.6) is 5.75 Å². The van der Waals surface area contributed by atoms with Crippen LogP contribution in [0.15, 0.2) is 24.5 Å². The molecule has 4 nitrogen and oxygen atoms in total. The number of aromatic nitrogens is 2. The van der Waals surface area contributed by atoms with Gasteiger partial charge in [0, 0.05) is 5.56 Å². The monoisotopic (exact) mass is 271 g/mol. The minimum Gasteiger partial charge on any atom is -0.488 e. The maximum Gasteiger partial charge on any atom is 0.134 e. The SMILES string of the molecule is Cc1cc(OC(C)(C)C)ccc1-c1c(C)ncnc1N. The van der Waals surface area contributed by atoms with E-state index in [1.807, 2.05) is 52.8 Å². The zero-order valence-electron chi connectivity index (χ0n) is 12.7. The number of benzene rings is 1. The summed E-state index contributed by atoms with van der Waals surface area (Å²) in [6.45, 7) is 10.1. The van der Waals surface area contributed by atoms with Gasteiger partial charge in [0.15, 0.2) is 0 Å². The molecule has 2 aromatic rings. The second-order valence-electron chi connectivity index (χ2n) is 5.91. The second kappa shape index (κ2) is 5.12. The van der Waals surface area contributed by atoms with Gasteiger partial charge in [0.25, 0.3) is 0 Å². The molecule has 0 unspecified atom stereocenters. The van der Waals surface area contributed by atoms with Crippen molar-refractivity contribution in [3.05, 3.63) is 35.8 Å². The topological polar surface area (TPSA) is 61.0 Å². The highest BCUT2D eigenvalue weighted by Gasteiger charge is 2.15. The molecule has 4 heteroatoms. The van der Waals surface area contributed by atoms with Crippen molar-refractivity contribution >= 4 is 5.82 Å². The van der Waals surface area contributed by atoms with Gasteiger partial charge in [-0.1, -0.05) is 6.07 Å². The van der Waals surface area contributed by atoms with Crippen molar-refractivity contribution in [1.82, 2.24) is 9.97 Å². The zero-order valence-corrected chi connectivity index (χ0v) is 12.7. The molecule has 0 bridgehead atoms. The summed E-state index contributed by atoms with van der Waals surface area (Å²) in [6, 6.07) is 5.99. The molecule has 1 aromatic carbocycles. The highest BCUT2D eigenvalue weighted by Crippen LogP contribution is 2.32. The van der Waals surface area contributed by atoms with E-state index in [4.69, 9.17) is 10.5 Å². The van der Waals surface area contributed by atoms with E-state index in [0.29, 0.717) is 5.82 Å². The fourth-order valence-electron chi connectivity index (χ4n) is 2.16. The van der Waals surface area contributed by atoms with E-state index >= 15 is 0 Å². The molecule has 20 heavy (non-hydrogen) atoms. The van der Waals surface area contributed by atoms with E-state index in [9.17, 15) is 0 Å². The quantitative estimate of drug-likeness (QED) is 0.907. The highest BCUT2D eigenvalue weighted by atomic mass is 16.5. The molecule has 0 aliphatic heterocycles. The van der Waals surface area contributed by atoms with Gasteiger partial charge < -0.3 is 10.5 Å². The average molecular weight is 271 g/mol. The van der Waals surface area contributed by atoms with Crippen LogP contribution in [-0.4, -0.2) is 15.6 Å². The molecule has 0 fully saturated rings. The molecule has 0 aliphatic carbocycles. The number of rotatable bonds is 2. The third kappa shape index (κ3) is 3.07. The summed E-state index contributed by atoms with van der Waals surface area (Å²) in [4.78, 5) is 8.29. The van der Waals surface area contributed by atoms with Gasteiger partial charge in [-0.15, -0.1) is 0 Å². The summed E-state index contributed by atoms with van der Waals surface area (Å²) in [5.41, 5.74) is 9.68. The molecular weight excluding hydrogens is 250 g/mol. The molecule has 0 amide bonds. The summed E-state index contributed by atoms with van der Waals surface area (Å²) in [5.74, 6) is 1.36. The molecule has 0 radical (unpaired) electrons. The van der Waals surface area contributed by atoms with E-state index in [1.54, 1.807) is 0 Å². The van der Waals surface area contributed by atoms with Crippen LogP contribution in [0.1, 0.15) is 32.0 Å². The first kappa shape index (κ1) is 14.3. The third-order valence-corrected chi connectivity index (χ3v) is 2.96. The van der Waals surface area contributed by atoms with Crippen LogP contribution in [0.2, 0.25) is 0 Å². The van der Waals surface area contributed by atoms with E-state index in [1.165, 1.54) is 6.33 Å². The Kier molecular flexibility index (Phi) is 3.66. The van der Waals surface area contributed by atoms with Crippen LogP contribution in [0.4, 0.5) is 5.82 Å². The van der Waals surface area contributed by atoms with Crippen LogP contribution >= 0.6 is 0 Å². The maximum atomic E-state index is 5.98. The van der Waals surface area contributed by atoms with E-state index in [0.717, 1.165) is 28.1 Å². The Morgan fingerprint density at radius 2 is 1.80 bits per heavy atom. The van der Waals surface area contributed by atoms with Crippen LogP contribution in [0.3, 0.4) is 0 Å². The molecule has 2 N–H and O–H groups in total. The number of anilines is 1. The molecule has 1 aromatic heterocycles. The lowest BCUT2D eigenvalue weighted by atomic mass is 9.99. The van der Waals surface area contributed by atoms with Crippen LogP contribution in [-0.2, 0) is 0 Å². The zero-order chi connectivity index (χ0) is 14.9. The first-order valence-electron chi connectivity index (χ1n) is 6.65. The Bertz CT molecular complexity index is 610.